The smallest absolute Gasteiger partial charge is 0.329 e. The molecule has 2 heterocycles. The second kappa shape index (κ2) is 14.3. The van der Waals surface area contributed by atoms with Crippen molar-refractivity contribution < 1.29 is 28.8 Å². The summed E-state index contributed by atoms with van der Waals surface area (Å²) in [5.41, 5.74) is 3.65. The van der Waals surface area contributed by atoms with E-state index in [1.54, 1.807) is 0 Å². The van der Waals surface area contributed by atoms with Gasteiger partial charge in [-0.25, -0.2) is 14.8 Å². The van der Waals surface area contributed by atoms with E-state index in [0.717, 1.165) is 39.4 Å². The number of aromatic amines is 1. The average molecular weight is 541 g/mol. The number of carboxylic acids is 1. The van der Waals surface area contributed by atoms with Crippen LogP contribution >= 0.6 is 11.6 Å². The van der Waals surface area contributed by atoms with Gasteiger partial charge in [-0.2, -0.15) is 0 Å². The van der Waals surface area contributed by atoms with Crippen molar-refractivity contribution in [1.29, 1.82) is 0 Å². The molecule has 4 aromatic rings. The number of rotatable bonds is 16. The number of nitrogens with zero attached hydrogens (tertiary/aromatic N) is 2. The quantitative estimate of drug-likeness (QED) is 0.177. The van der Waals surface area contributed by atoms with E-state index >= 15 is 0 Å². The lowest BCUT2D eigenvalue weighted by Gasteiger charge is -2.08. The van der Waals surface area contributed by atoms with E-state index in [0.29, 0.717) is 44.6 Å². The van der Waals surface area contributed by atoms with E-state index in [1.807, 2.05) is 54.6 Å². The molecular formula is C27H29ClN4O6. The maximum Gasteiger partial charge on any atom is 0.329 e. The summed E-state index contributed by atoms with van der Waals surface area (Å²) in [4.78, 5) is 22.4. The molecule has 4 rings (SSSR count). The van der Waals surface area contributed by atoms with Gasteiger partial charge in [-0.1, -0.05) is 29.8 Å². The summed E-state index contributed by atoms with van der Waals surface area (Å²) in [5.74, 6) is 0.472. The van der Waals surface area contributed by atoms with Crippen molar-refractivity contribution in [3.05, 3.63) is 71.5 Å². The number of halogens is 1. The van der Waals surface area contributed by atoms with Crippen LogP contribution in [0.4, 0.5) is 5.82 Å². The Bertz CT molecular complexity index is 1310. The van der Waals surface area contributed by atoms with Crippen LogP contribution in [0, 0.1) is 0 Å². The number of hydrogen-bond acceptors (Lipinski definition) is 8. The molecule has 10 nitrogen and oxygen atoms in total. The van der Waals surface area contributed by atoms with Crippen molar-refractivity contribution in [2.75, 3.05) is 51.6 Å². The van der Waals surface area contributed by atoms with Gasteiger partial charge in [0.1, 0.15) is 36.8 Å². The third-order valence-corrected chi connectivity index (χ3v) is 5.83. The molecule has 200 valence electrons. The van der Waals surface area contributed by atoms with Gasteiger partial charge in [-0.3, -0.25) is 0 Å². The maximum atomic E-state index is 10.3. The Labute approximate surface area is 224 Å². The van der Waals surface area contributed by atoms with Crippen LogP contribution in [-0.4, -0.2) is 72.3 Å². The largest absolute Gasteiger partial charge is 0.491 e. The third kappa shape index (κ3) is 8.15. The van der Waals surface area contributed by atoms with Crippen molar-refractivity contribution in [2.24, 2.45) is 0 Å². The molecule has 0 aliphatic rings. The second-order valence-electron chi connectivity index (χ2n) is 8.16. The highest BCUT2D eigenvalue weighted by molar-refractivity contribution is 6.31. The third-order valence-electron chi connectivity index (χ3n) is 5.46. The number of H-pyrrole nitrogens is 1. The van der Waals surface area contributed by atoms with Crippen LogP contribution in [0.2, 0.25) is 5.02 Å². The highest BCUT2D eigenvalue weighted by atomic mass is 35.5. The number of aromatic nitrogens is 3. The molecule has 0 saturated heterocycles. The predicted molar refractivity (Wildman–Crippen MR) is 144 cm³/mol. The van der Waals surface area contributed by atoms with Crippen LogP contribution in [0.15, 0.2) is 60.9 Å². The summed E-state index contributed by atoms with van der Waals surface area (Å²) < 4.78 is 21.4. The van der Waals surface area contributed by atoms with Crippen molar-refractivity contribution >= 4 is 34.4 Å². The molecule has 0 aliphatic carbocycles. The molecule has 3 N–H and O–H groups in total. The zero-order chi connectivity index (χ0) is 26.6. The first-order chi connectivity index (χ1) is 18.6. The van der Waals surface area contributed by atoms with Gasteiger partial charge >= 0.3 is 5.97 Å². The molecule has 2 aromatic heterocycles. The van der Waals surface area contributed by atoms with Crippen molar-refractivity contribution in [2.45, 2.75) is 6.54 Å². The first-order valence-corrected chi connectivity index (χ1v) is 12.5. The second-order valence-corrected chi connectivity index (χ2v) is 8.56. The summed E-state index contributed by atoms with van der Waals surface area (Å²) in [7, 11) is 0. The minimum atomic E-state index is -0.997. The van der Waals surface area contributed by atoms with Gasteiger partial charge in [-0.15, -0.1) is 0 Å². The van der Waals surface area contributed by atoms with E-state index in [1.165, 1.54) is 6.33 Å². The maximum absolute atomic E-state index is 10.3. The van der Waals surface area contributed by atoms with Crippen LogP contribution in [-0.2, 0) is 25.5 Å². The van der Waals surface area contributed by atoms with Gasteiger partial charge in [-0.05, 0) is 47.5 Å². The Balaban J connectivity index is 1.21. The fourth-order valence-corrected chi connectivity index (χ4v) is 3.81. The first-order valence-electron chi connectivity index (χ1n) is 12.1. The van der Waals surface area contributed by atoms with Crippen molar-refractivity contribution in [1.82, 2.24) is 15.0 Å². The minimum Gasteiger partial charge on any atom is -0.491 e. The van der Waals surface area contributed by atoms with E-state index in [4.69, 9.17) is 35.7 Å². The lowest BCUT2D eigenvalue weighted by Crippen LogP contribution is -2.14. The number of anilines is 1. The first kappa shape index (κ1) is 27.3. The van der Waals surface area contributed by atoms with E-state index in [9.17, 15) is 4.79 Å². The topological polar surface area (TPSA) is 128 Å². The molecule has 0 amide bonds. The number of benzene rings is 2. The number of nitrogens with one attached hydrogen (secondary N) is 2. The van der Waals surface area contributed by atoms with E-state index in [2.05, 4.69) is 20.3 Å². The van der Waals surface area contributed by atoms with Crippen LogP contribution in [0.1, 0.15) is 5.56 Å². The zero-order valence-electron chi connectivity index (χ0n) is 20.7. The number of carboxylic acid groups (broad SMARTS) is 1. The molecule has 0 aliphatic heterocycles. The Morgan fingerprint density at radius 2 is 1.63 bits per heavy atom. The lowest BCUT2D eigenvalue weighted by atomic mass is 10.1. The van der Waals surface area contributed by atoms with Crippen LogP contribution < -0.4 is 10.1 Å². The van der Waals surface area contributed by atoms with Gasteiger partial charge in [0.25, 0.3) is 0 Å². The van der Waals surface area contributed by atoms with Gasteiger partial charge in [0, 0.05) is 17.3 Å². The Morgan fingerprint density at radius 3 is 2.37 bits per heavy atom. The SMILES string of the molecule is O=C(O)COCCOCCOCCOc1ccc(-c2cc3c(NCc4ccccc4Cl)ncnc3[nH]2)cc1. The van der Waals surface area contributed by atoms with Gasteiger partial charge in [0.15, 0.2) is 0 Å². The lowest BCUT2D eigenvalue weighted by molar-refractivity contribution is -0.142. The molecule has 0 fully saturated rings. The molecule has 0 atom stereocenters. The Kier molecular flexibility index (Phi) is 10.3. The van der Waals surface area contributed by atoms with E-state index in [-0.39, 0.29) is 13.2 Å². The predicted octanol–water partition coefficient (Wildman–Crippen LogP) is 4.40. The van der Waals surface area contributed by atoms with Crippen LogP contribution in [0.25, 0.3) is 22.3 Å². The molecule has 38 heavy (non-hydrogen) atoms. The summed E-state index contributed by atoms with van der Waals surface area (Å²) in [5, 5.41) is 13.4. The number of fused-ring (bicyclic) bond motifs is 1. The van der Waals surface area contributed by atoms with Gasteiger partial charge in [0.05, 0.1) is 38.4 Å². The Morgan fingerprint density at radius 1 is 0.921 bits per heavy atom. The summed E-state index contributed by atoms with van der Waals surface area (Å²) >= 11 is 6.27. The van der Waals surface area contributed by atoms with Crippen LogP contribution in [0.5, 0.6) is 5.75 Å². The standard InChI is InChI=1S/C27H29ClN4O6/c28-23-4-2-1-3-20(23)16-29-26-22-15-24(32-27(22)31-18-30-26)19-5-7-21(8-6-19)38-14-13-36-10-9-35-11-12-37-17-25(33)34/h1-8,15,18H,9-14,16-17H2,(H,33,34)(H2,29,30,31,32). The fraction of sp³-hybridized carbons (Fsp3) is 0.296. The van der Waals surface area contributed by atoms with Gasteiger partial charge in [0.2, 0.25) is 0 Å². The molecule has 0 radical (unpaired) electrons. The van der Waals surface area contributed by atoms with Crippen molar-refractivity contribution in [3.8, 4) is 17.0 Å². The highest BCUT2D eigenvalue weighted by Gasteiger charge is 2.10. The summed E-state index contributed by atoms with van der Waals surface area (Å²) in [6, 6.07) is 17.5. The number of carbonyl (C=O) groups is 1. The Hall–Kier alpha value is -3.70. The molecular weight excluding hydrogens is 512 g/mol. The number of aliphatic carboxylic acids is 1. The van der Waals surface area contributed by atoms with Crippen LogP contribution in [0.3, 0.4) is 0 Å². The van der Waals surface area contributed by atoms with Gasteiger partial charge < -0.3 is 34.4 Å². The molecule has 11 heteroatoms. The van der Waals surface area contributed by atoms with Crippen molar-refractivity contribution in [3.63, 3.8) is 0 Å². The minimum absolute atomic E-state index is 0.235. The molecule has 0 saturated carbocycles. The average Bonchev–Trinajstić information content (AvgIpc) is 3.36. The zero-order valence-corrected chi connectivity index (χ0v) is 21.4. The summed E-state index contributed by atoms with van der Waals surface area (Å²) in [6.45, 7) is 2.43. The number of ether oxygens (including phenoxy) is 4. The van der Waals surface area contributed by atoms with E-state index < -0.39 is 5.97 Å². The molecule has 0 spiro atoms. The number of hydrogen-bond donors (Lipinski definition) is 3. The molecule has 0 unspecified atom stereocenters. The highest BCUT2D eigenvalue weighted by Crippen LogP contribution is 2.28. The normalized spacial score (nSPS) is 11.1. The fourth-order valence-electron chi connectivity index (χ4n) is 3.61. The summed E-state index contributed by atoms with van der Waals surface area (Å²) in [6.07, 6.45) is 1.53. The monoisotopic (exact) mass is 540 g/mol. The molecule has 0 bridgehead atoms. The molecule has 2 aromatic carbocycles.